The third kappa shape index (κ3) is 7.41. The number of hydrogen-bond acceptors (Lipinski definition) is 6. The van der Waals surface area contributed by atoms with Gasteiger partial charge in [0.1, 0.15) is 0 Å². The zero-order valence-corrected chi connectivity index (χ0v) is 20.0. The Morgan fingerprint density at radius 3 is 2.06 bits per heavy atom. The van der Waals surface area contributed by atoms with E-state index in [0.717, 1.165) is 11.8 Å². The Morgan fingerprint density at radius 1 is 0.829 bits per heavy atom. The van der Waals surface area contributed by atoms with Crippen molar-refractivity contribution < 1.29 is 27.5 Å². The van der Waals surface area contributed by atoms with Gasteiger partial charge in [-0.25, -0.2) is 13.2 Å². The summed E-state index contributed by atoms with van der Waals surface area (Å²) in [6.45, 7) is 1.22. The SMILES string of the molecule is C[C@@H](NC(=O)c1ccccc1NC(=O)COC(=O)c1ccccc1NS(C)(=O)=O)c1ccccc1. The van der Waals surface area contributed by atoms with Crippen LogP contribution in [-0.2, 0) is 19.6 Å². The number of hydrogen-bond donors (Lipinski definition) is 3. The number of para-hydroxylation sites is 2. The van der Waals surface area contributed by atoms with E-state index in [-0.39, 0.29) is 34.5 Å². The van der Waals surface area contributed by atoms with Crippen molar-refractivity contribution in [3.8, 4) is 0 Å². The molecule has 0 aliphatic rings. The lowest BCUT2D eigenvalue weighted by Crippen LogP contribution is -2.28. The molecular weight excluding hydrogens is 470 g/mol. The summed E-state index contributed by atoms with van der Waals surface area (Å²) in [5.41, 5.74) is 1.43. The van der Waals surface area contributed by atoms with Crippen LogP contribution in [0.3, 0.4) is 0 Å². The molecule has 9 nitrogen and oxygen atoms in total. The second-order valence-electron chi connectivity index (χ2n) is 7.70. The highest BCUT2D eigenvalue weighted by atomic mass is 32.2. The molecule has 0 radical (unpaired) electrons. The Balaban J connectivity index is 1.63. The molecule has 35 heavy (non-hydrogen) atoms. The lowest BCUT2D eigenvalue weighted by atomic mass is 10.1. The largest absolute Gasteiger partial charge is 0.452 e. The van der Waals surface area contributed by atoms with Gasteiger partial charge in [0, 0.05) is 0 Å². The Kier molecular flexibility index (Phi) is 8.21. The van der Waals surface area contributed by atoms with Crippen LogP contribution in [0.25, 0.3) is 0 Å². The molecule has 0 aromatic heterocycles. The fourth-order valence-electron chi connectivity index (χ4n) is 3.23. The molecular formula is C25H25N3O6S. The summed E-state index contributed by atoms with van der Waals surface area (Å²) >= 11 is 0. The first kappa shape index (κ1) is 25.4. The number of anilines is 2. The highest BCUT2D eigenvalue weighted by Gasteiger charge is 2.19. The first-order valence-corrected chi connectivity index (χ1v) is 12.5. The number of benzene rings is 3. The molecule has 2 amide bonds. The minimum atomic E-state index is -3.62. The minimum absolute atomic E-state index is 0.0370. The molecule has 3 rings (SSSR count). The maximum atomic E-state index is 12.8. The number of esters is 1. The van der Waals surface area contributed by atoms with Gasteiger partial charge in [0.2, 0.25) is 10.0 Å². The van der Waals surface area contributed by atoms with E-state index < -0.39 is 28.5 Å². The average molecular weight is 496 g/mol. The van der Waals surface area contributed by atoms with Gasteiger partial charge in [0.25, 0.3) is 11.8 Å². The van der Waals surface area contributed by atoms with Crippen LogP contribution in [0.1, 0.15) is 39.2 Å². The topological polar surface area (TPSA) is 131 Å². The van der Waals surface area contributed by atoms with E-state index in [9.17, 15) is 22.8 Å². The summed E-state index contributed by atoms with van der Waals surface area (Å²) in [7, 11) is -3.62. The Morgan fingerprint density at radius 2 is 1.40 bits per heavy atom. The van der Waals surface area contributed by atoms with Crippen molar-refractivity contribution >= 4 is 39.2 Å². The van der Waals surface area contributed by atoms with Gasteiger partial charge in [0.15, 0.2) is 6.61 Å². The average Bonchev–Trinajstić information content (AvgIpc) is 2.82. The molecule has 1 atom stereocenters. The number of sulfonamides is 1. The van der Waals surface area contributed by atoms with E-state index in [1.54, 1.807) is 30.3 Å². The molecule has 0 saturated carbocycles. The maximum absolute atomic E-state index is 12.8. The van der Waals surface area contributed by atoms with Crippen molar-refractivity contribution in [2.24, 2.45) is 0 Å². The number of ether oxygens (including phenoxy) is 1. The van der Waals surface area contributed by atoms with E-state index in [1.165, 1.54) is 18.2 Å². The first-order chi connectivity index (χ1) is 16.6. The Labute approximate surface area is 203 Å². The molecule has 0 unspecified atom stereocenters. The fourth-order valence-corrected chi connectivity index (χ4v) is 3.81. The normalized spacial score (nSPS) is 11.7. The molecule has 0 aliphatic heterocycles. The van der Waals surface area contributed by atoms with Crippen LogP contribution in [0.2, 0.25) is 0 Å². The minimum Gasteiger partial charge on any atom is -0.452 e. The Hall–Kier alpha value is -4.18. The second kappa shape index (κ2) is 11.3. The lowest BCUT2D eigenvalue weighted by Gasteiger charge is -2.16. The predicted molar refractivity (Wildman–Crippen MR) is 133 cm³/mol. The van der Waals surface area contributed by atoms with Crippen LogP contribution in [0.4, 0.5) is 11.4 Å². The standard InChI is InChI=1S/C25H25N3O6S/c1-17(18-10-4-3-5-11-18)26-24(30)19-12-6-8-14-21(19)27-23(29)16-34-25(31)20-13-7-9-15-22(20)28-35(2,32)33/h3-15,17,28H,16H2,1-2H3,(H,26,30)(H,27,29)/t17-/m1/s1. The molecule has 0 saturated heterocycles. The summed E-state index contributed by atoms with van der Waals surface area (Å²) in [6, 6.07) is 21.5. The zero-order valence-electron chi connectivity index (χ0n) is 19.1. The van der Waals surface area contributed by atoms with Gasteiger partial charge in [-0.05, 0) is 36.8 Å². The van der Waals surface area contributed by atoms with Crippen LogP contribution in [0, 0.1) is 0 Å². The molecule has 0 fully saturated rings. The van der Waals surface area contributed by atoms with Gasteiger partial charge in [-0.15, -0.1) is 0 Å². The summed E-state index contributed by atoms with van der Waals surface area (Å²) < 4.78 is 30.3. The first-order valence-electron chi connectivity index (χ1n) is 10.6. The molecule has 0 spiro atoms. The van der Waals surface area contributed by atoms with Gasteiger partial charge in [-0.3, -0.25) is 14.3 Å². The van der Waals surface area contributed by atoms with Crippen LogP contribution in [0.15, 0.2) is 78.9 Å². The number of rotatable bonds is 9. The summed E-state index contributed by atoms with van der Waals surface area (Å²) in [6.07, 6.45) is 0.955. The highest BCUT2D eigenvalue weighted by molar-refractivity contribution is 7.92. The quantitative estimate of drug-likeness (QED) is 0.390. The summed E-state index contributed by atoms with van der Waals surface area (Å²) in [5.74, 6) is -1.92. The van der Waals surface area contributed by atoms with Crippen LogP contribution >= 0.6 is 0 Å². The van der Waals surface area contributed by atoms with Crippen molar-refractivity contribution in [2.75, 3.05) is 22.9 Å². The van der Waals surface area contributed by atoms with Crippen molar-refractivity contribution in [3.05, 3.63) is 95.6 Å². The molecule has 182 valence electrons. The van der Waals surface area contributed by atoms with E-state index in [4.69, 9.17) is 4.74 Å². The van der Waals surface area contributed by atoms with Gasteiger partial charge < -0.3 is 15.4 Å². The summed E-state index contributed by atoms with van der Waals surface area (Å²) in [5, 5.41) is 5.47. The summed E-state index contributed by atoms with van der Waals surface area (Å²) in [4.78, 5) is 37.7. The van der Waals surface area contributed by atoms with Crippen molar-refractivity contribution in [3.63, 3.8) is 0 Å². The smallest absolute Gasteiger partial charge is 0.340 e. The van der Waals surface area contributed by atoms with E-state index in [0.29, 0.717) is 0 Å². The predicted octanol–water partition coefficient (Wildman–Crippen LogP) is 3.34. The number of carbonyl (C=O) groups is 3. The van der Waals surface area contributed by atoms with Crippen LogP contribution in [0.5, 0.6) is 0 Å². The van der Waals surface area contributed by atoms with Crippen LogP contribution < -0.4 is 15.4 Å². The molecule has 0 aliphatic carbocycles. The third-order valence-electron chi connectivity index (χ3n) is 4.87. The highest BCUT2D eigenvalue weighted by Crippen LogP contribution is 2.19. The van der Waals surface area contributed by atoms with E-state index in [2.05, 4.69) is 15.4 Å². The van der Waals surface area contributed by atoms with Crippen molar-refractivity contribution in [1.29, 1.82) is 0 Å². The zero-order chi connectivity index (χ0) is 25.4. The maximum Gasteiger partial charge on any atom is 0.340 e. The number of amides is 2. The van der Waals surface area contributed by atoms with Crippen molar-refractivity contribution in [2.45, 2.75) is 13.0 Å². The van der Waals surface area contributed by atoms with Gasteiger partial charge in [-0.1, -0.05) is 54.6 Å². The number of nitrogens with one attached hydrogen (secondary N) is 3. The molecule has 0 bridgehead atoms. The lowest BCUT2D eigenvalue weighted by molar-refractivity contribution is -0.119. The fraction of sp³-hybridized carbons (Fsp3) is 0.160. The molecule has 0 heterocycles. The van der Waals surface area contributed by atoms with Gasteiger partial charge in [0.05, 0.1) is 34.8 Å². The molecule has 3 aromatic rings. The second-order valence-corrected chi connectivity index (χ2v) is 9.44. The van der Waals surface area contributed by atoms with E-state index in [1.807, 2.05) is 37.3 Å². The Bertz CT molecular complexity index is 1330. The monoisotopic (exact) mass is 495 g/mol. The van der Waals surface area contributed by atoms with Crippen molar-refractivity contribution in [1.82, 2.24) is 5.32 Å². The van der Waals surface area contributed by atoms with Gasteiger partial charge in [-0.2, -0.15) is 0 Å². The number of carbonyl (C=O) groups excluding carboxylic acids is 3. The van der Waals surface area contributed by atoms with Gasteiger partial charge >= 0.3 is 5.97 Å². The molecule has 3 N–H and O–H groups in total. The van der Waals surface area contributed by atoms with Crippen LogP contribution in [-0.4, -0.2) is 39.1 Å². The molecule has 10 heteroatoms. The van der Waals surface area contributed by atoms with E-state index >= 15 is 0 Å². The third-order valence-corrected chi connectivity index (χ3v) is 5.46. The molecule has 3 aromatic carbocycles.